The molecule has 0 bridgehead atoms. The average molecular weight is 277 g/mol. The van der Waals surface area contributed by atoms with Crippen molar-refractivity contribution in [2.24, 2.45) is 5.11 Å². The quantitative estimate of drug-likeness (QED) is 0.513. The zero-order chi connectivity index (χ0) is 10.6. The number of halogens is 2. The van der Waals surface area contributed by atoms with Gasteiger partial charge in [-0.15, -0.1) is 0 Å². The van der Waals surface area contributed by atoms with Crippen LogP contribution in [-0.2, 0) is 0 Å². The molecule has 0 spiro atoms. The number of hydrogen-bond acceptors (Lipinski definition) is 2. The average Bonchev–Trinajstić information content (AvgIpc) is 2.16. The van der Waals surface area contributed by atoms with Crippen LogP contribution in [0.25, 0.3) is 10.4 Å². The monoisotopic (exact) mass is 275 g/mol. The Morgan fingerprint density at radius 1 is 1.64 bits per heavy atom. The highest BCUT2D eigenvalue weighted by Gasteiger charge is 2.15. The van der Waals surface area contributed by atoms with Crippen LogP contribution in [0, 0.1) is 0 Å². The largest absolute Gasteiger partial charge is 0.396 e. The molecule has 14 heavy (non-hydrogen) atoms. The van der Waals surface area contributed by atoms with E-state index in [1.54, 1.807) is 18.2 Å². The molecule has 6 heteroatoms. The zero-order valence-corrected chi connectivity index (χ0v) is 9.40. The summed E-state index contributed by atoms with van der Waals surface area (Å²) in [7, 11) is 0. The van der Waals surface area contributed by atoms with E-state index in [1.165, 1.54) is 0 Å². The lowest BCUT2D eigenvalue weighted by Gasteiger charge is -2.11. The minimum atomic E-state index is -0.650. The minimum Gasteiger partial charge on any atom is -0.396 e. The molecular formula is C8H7BrClN3O. The Hall–Kier alpha value is -0.740. The fourth-order valence-electron chi connectivity index (χ4n) is 1.08. The van der Waals surface area contributed by atoms with E-state index in [0.29, 0.717) is 10.6 Å². The molecule has 1 aromatic rings. The Morgan fingerprint density at radius 2 is 2.36 bits per heavy atom. The van der Waals surface area contributed by atoms with Crippen molar-refractivity contribution in [3.8, 4) is 0 Å². The summed E-state index contributed by atoms with van der Waals surface area (Å²) in [5.74, 6) is 0. The van der Waals surface area contributed by atoms with Crippen LogP contribution in [0.3, 0.4) is 0 Å². The van der Waals surface area contributed by atoms with Gasteiger partial charge < -0.3 is 5.11 Å². The maximum Gasteiger partial charge on any atom is 0.0881 e. The van der Waals surface area contributed by atoms with Gasteiger partial charge in [-0.3, -0.25) is 0 Å². The van der Waals surface area contributed by atoms with E-state index in [2.05, 4.69) is 26.0 Å². The van der Waals surface area contributed by atoms with E-state index in [4.69, 9.17) is 22.2 Å². The molecule has 0 heterocycles. The third kappa shape index (κ3) is 2.39. The molecule has 0 fully saturated rings. The SMILES string of the molecule is [N-]=[N+]=NC(CO)c1c(Cl)cccc1Br. The first-order chi connectivity index (χ1) is 6.70. The van der Waals surface area contributed by atoms with E-state index >= 15 is 0 Å². The summed E-state index contributed by atoms with van der Waals surface area (Å²) in [6, 6.07) is 4.57. The van der Waals surface area contributed by atoms with Crippen molar-refractivity contribution >= 4 is 27.5 Å². The van der Waals surface area contributed by atoms with Gasteiger partial charge in [0, 0.05) is 14.4 Å². The Balaban J connectivity index is 3.21. The standard InChI is InChI=1S/C8H7BrClN3O/c9-5-2-1-3-6(10)8(5)7(4-14)12-13-11/h1-3,7,14H,4H2. The van der Waals surface area contributed by atoms with Gasteiger partial charge in [-0.1, -0.05) is 38.7 Å². The first kappa shape index (κ1) is 11.3. The summed E-state index contributed by atoms with van der Waals surface area (Å²) < 4.78 is 0.719. The second-order valence-corrected chi connectivity index (χ2v) is 3.80. The van der Waals surface area contributed by atoms with E-state index in [1.807, 2.05) is 0 Å². The smallest absolute Gasteiger partial charge is 0.0881 e. The van der Waals surface area contributed by atoms with Gasteiger partial charge in [0.05, 0.1) is 12.6 Å². The Morgan fingerprint density at radius 3 is 2.86 bits per heavy atom. The summed E-state index contributed by atoms with van der Waals surface area (Å²) in [5, 5.41) is 12.9. The first-order valence-corrected chi connectivity index (χ1v) is 4.96. The molecule has 4 nitrogen and oxygen atoms in total. The van der Waals surface area contributed by atoms with Crippen molar-refractivity contribution in [1.29, 1.82) is 0 Å². The van der Waals surface area contributed by atoms with Gasteiger partial charge in [-0.05, 0) is 23.2 Å². The Bertz CT molecular complexity index is 359. The molecule has 0 aliphatic carbocycles. The number of rotatable bonds is 3. The van der Waals surface area contributed by atoms with Crippen LogP contribution in [0.4, 0.5) is 0 Å². The Kier molecular flexibility index (Phi) is 4.22. The summed E-state index contributed by atoms with van der Waals surface area (Å²) in [6.45, 7) is -0.271. The fourth-order valence-corrected chi connectivity index (χ4v) is 2.12. The molecule has 1 N–H and O–H groups in total. The van der Waals surface area contributed by atoms with Gasteiger partial charge in [0.2, 0.25) is 0 Å². The third-order valence-corrected chi connectivity index (χ3v) is 2.72. The number of aliphatic hydroxyl groups excluding tert-OH is 1. The molecule has 0 aromatic heterocycles. The fraction of sp³-hybridized carbons (Fsp3) is 0.250. The molecule has 0 radical (unpaired) electrons. The van der Waals surface area contributed by atoms with Crippen molar-refractivity contribution in [2.75, 3.05) is 6.61 Å². The highest BCUT2D eigenvalue weighted by molar-refractivity contribution is 9.10. The van der Waals surface area contributed by atoms with Crippen molar-refractivity contribution in [3.05, 3.63) is 43.7 Å². The predicted octanol–water partition coefficient (Wildman–Crippen LogP) is 3.45. The summed E-state index contributed by atoms with van der Waals surface area (Å²) >= 11 is 9.19. The van der Waals surface area contributed by atoms with E-state index in [-0.39, 0.29) is 6.61 Å². The summed E-state index contributed by atoms with van der Waals surface area (Å²) in [6.07, 6.45) is 0. The lowest BCUT2D eigenvalue weighted by atomic mass is 10.1. The number of benzene rings is 1. The van der Waals surface area contributed by atoms with Crippen LogP contribution in [-0.4, -0.2) is 11.7 Å². The third-order valence-electron chi connectivity index (χ3n) is 1.70. The lowest BCUT2D eigenvalue weighted by molar-refractivity contribution is 0.267. The van der Waals surface area contributed by atoms with Crippen molar-refractivity contribution in [1.82, 2.24) is 0 Å². The maximum atomic E-state index is 9.02. The molecule has 0 aliphatic rings. The molecule has 0 amide bonds. The molecule has 1 aromatic carbocycles. The number of nitrogens with zero attached hydrogens (tertiary/aromatic N) is 3. The highest BCUT2D eigenvalue weighted by atomic mass is 79.9. The van der Waals surface area contributed by atoms with Crippen LogP contribution in [0.5, 0.6) is 0 Å². The molecule has 1 rings (SSSR count). The van der Waals surface area contributed by atoms with Crippen molar-refractivity contribution in [2.45, 2.75) is 6.04 Å². The van der Waals surface area contributed by atoms with Crippen LogP contribution in [0.2, 0.25) is 5.02 Å². The summed E-state index contributed by atoms with van der Waals surface area (Å²) in [5.41, 5.74) is 8.91. The number of aliphatic hydroxyl groups is 1. The van der Waals surface area contributed by atoms with Gasteiger partial charge in [0.1, 0.15) is 0 Å². The van der Waals surface area contributed by atoms with E-state index < -0.39 is 6.04 Å². The van der Waals surface area contributed by atoms with Crippen molar-refractivity contribution in [3.63, 3.8) is 0 Å². The molecule has 0 saturated carbocycles. The second kappa shape index (κ2) is 5.22. The highest BCUT2D eigenvalue weighted by Crippen LogP contribution is 2.32. The van der Waals surface area contributed by atoms with Gasteiger partial charge in [-0.2, -0.15) is 0 Å². The molecule has 1 atom stereocenters. The molecule has 0 saturated heterocycles. The Labute approximate surface area is 94.3 Å². The number of hydrogen-bond donors (Lipinski definition) is 1. The molecule has 0 aliphatic heterocycles. The van der Waals surface area contributed by atoms with Crippen LogP contribution in [0.15, 0.2) is 27.8 Å². The molecule has 1 unspecified atom stereocenters. The van der Waals surface area contributed by atoms with Crippen molar-refractivity contribution < 1.29 is 5.11 Å². The number of azide groups is 1. The topological polar surface area (TPSA) is 69.0 Å². The minimum absolute atomic E-state index is 0.271. The molecular weight excluding hydrogens is 269 g/mol. The van der Waals surface area contributed by atoms with Gasteiger partial charge in [0.15, 0.2) is 0 Å². The summed E-state index contributed by atoms with van der Waals surface area (Å²) in [4.78, 5) is 2.65. The maximum absolute atomic E-state index is 9.02. The zero-order valence-electron chi connectivity index (χ0n) is 7.06. The van der Waals surface area contributed by atoms with E-state index in [9.17, 15) is 0 Å². The van der Waals surface area contributed by atoms with Crippen LogP contribution in [0.1, 0.15) is 11.6 Å². The second-order valence-electron chi connectivity index (χ2n) is 2.54. The predicted molar refractivity (Wildman–Crippen MR) is 58.1 cm³/mol. The van der Waals surface area contributed by atoms with Gasteiger partial charge in [-0.25, -0.2) is 0 Å². The van der Waals surface area contributed by atoms with Gasteiger partial charge in [0.25, 0.3) is 0 Å². The molecule has 74 valence electrons. The lowest BCUT2D eigenvalue weighted by Crippen LogP contribution is -2.01. The van der Waals surface area contributed by atoms with E-state index in [0.717, 1.165) is 4.47 Å². The normalized spacial score (nSPS) is 11.9. The van der Waals surface area contributed by atoms with Gasteiger partial charge >= 0.3 is 0 Å². The van der Waals surface area contributed by atoms with Crippen LogP contribution < -0.4 is 0 Å². The first-order valence-electron chi connectivity index (χ1n) is 3.79. The van der Waals surface area contributed by atoms with Crippen LogP contribution >= 0.6 is 27.5 Å².